The number of fused-ring (bicyclic) bond motifs is 1. The first-order chi connectivity index (χ1) is 17.6. The number of para-hydroxylation sites is 2. The Bertz CT molecular complexity index is 1650. The van der Waals surface area contributed by atoms with Crippen LogP contribution in [0.3, 0.4) is 0 Å². The molecule has 0 aliphatic heterocycles. The van der Waals surface area contributed by atoms with Gasteiger partial charge in [0.15, 0.2) is 0 Å². The fourth-order valence-electron chi connectivity index (χ4n) is 3.78. The molecule has 192 valence electrons. The Morgan fingerprint density at radius 2 is 1.49 bits per heavy atom. The number of nitrogens with zero attached hydrogens (tertiary/aromatic N) is 1. The summed E-state index contributed by atoms with van der Waals surface area (Å²) in [7, 11) is -6.29. The lowest BCUT2D eigenvalue weighted by atomic mass is 10.1. The monoisotopic (exact) mass is 539 g/mol. The highest BCUT2D eigenvalue weighted by atomic mass is 32.2. The van der Waals surface area contributed by atoms with Crippen molar-refractivity contribution in [3.8, 4) is 5.75 Å². The summed E-state index contributed by atoms with van der Waals surface area (Å²) in [4.78, 5) is 12.7. The number of hydrogen-bond donors (Lipinski definition) is 2. The second-order valence-corrected chi connectivity index (χ2v) is 11.7. The van der Waals surface area contributed by atoms with Crippen molar-refractivity contribution in [2.24, 2.45) is 0 Å². The largest absolute Gasteiger partial charge is 0.495 e. The maximum atomic E-state index is 13.0. The fourth-order valence-corrected chi connectivity index (χ4v) is 5.72. The van der Waals surface area contributed by atoms with E-state index in [-0.39, 0.29) is 10.6 Å². The topological polar surface area (TPSA) is 122 Å². The van der Waals surface area contributed by atoms with Crippen LogP contribution in [0, 0.1) is 0 Å². The first-order valence-electron chi connectivity index (χ1n) is 11.1. The van der Waals surface area contributed by atoms with Gasteiger partial charge in [0.2, 0.25) is 15.9 Å². The lowest BCUT2D eigenvalue weighted by Gasteiger charge is -2.23. The van der Waals surface area contributed by atoms with E-state index in [1.54, 1.807) is 30.3 Å². The Balaban J connectivity index is 1.49. The number of carbonyl (C=O) groups is 1. The van der Waals surface area contributed by atoms with Gasteiger partial charge in [-0.05, 0) is 47.9 Å². The minimum atomic E-state index is -3.90. The molecule has 0 saturated heterocycles. The summed E-state index contributed by atoms with van der Waals surface area (Å²) >= 11 is 0. The minimum absolute atomic E-state index is 0.00483. The minimum Gasteiger partial charge on any atom is -0.495 e. The van der Waals surface area contributed by atoms with E-state index in [9.17, 15) is 21.6 Å². The summed E-state index contributed by atoms with van der Waals surface area (Å²) in [6.07, 6.45) is 0.995. The number of hydrogen-bond acceptors (Lipinski definition) is 6. The molecule has 0 heterocycles. The number of anilines is 3. The highest BCUT2D eigenvalue weighted by Crippen LogP contribution is 2.30. The van der Waals surface area contributed by atoms with Crippen LogP contribution in [0.25, 0.3) is 10.8 Å². The predicted octanol–water partition coefficient (Wildman–Crippen LogP) is 4.05. The third-order valence-electron chi connectivity index (χ3n) is 5.52. The van der Waals surface area contributed by atoms with E-state index in [0.717, 1.165) is 21.3 Å². The summed E-state index contributed by atoms with van der Waals surface area (Å²) in [5.41, 5.74) is 0.985. The Kier molecular flexibility index (Phi) is 7.37. The molecule has 0 radical (unpaired) electrons. The average molecular weight is 540 g/mol. The number of amides is 1. The molecule has 0 bridgehead atoms. The molecule has 4 aromatic carbocycles. The molecule has 0 unspecified atom stereocenters. The molecule has 4 aromatic rings. The number of rotatable bonds is 9. The summed E-state index contributed by atoms with van der Waals surface area (Å²) in [5.74, 6) is -0.310. The molecular weight excluding hydrogens is 514 g/mol. The quantitative estimate of drug-likeness (QED) is 0.331. The first kappa shape index (κ1) is 26.0. The lowest BCUT2D eigenvalue weighted by Crippen LogP contribution is -2.37. The normalized spacial score (nSPS) is 11.6. The van der Waals surface area contributed by atoms with Crippen molar-refractivity contribution < 1.29 is 26.4 Å². The molecule has 11 heteroatoms. The van der Waals surface area contributed by atoms with E-state index < -0.39 is 32.5 Å². The Hall–Kier alpha value is -4.09. The van der Waals surface area contributed by atoms with Gasteiger partial charge in [0.25, 0.3) is 10.0 Å². The molecular formula is C26H25N3O6S2. The van der Waals surface area contributed by atoms with Crippen LogP contribution < -0.4 is 19.1 Å². The molecule has 0 saturated carbocycles. The molecule has 4 rings (SSSR count). The molecule has 0 spiro atoms. The van der Waals surface area contributed by atoms with Crippen LogP contribution in [0.2, 0.25) is 0 Å². The van der Waals surface area contributed by atoms with Gasteiger partial charge in [0.1, 0.15) is 12.3 Å². The number of sulfonamides is 2. The van der Waals surface area contributed by atoms with Gasteiger partial charge >= 0.3 is 0 Å². The molecule has 9 nitrogen and oxygen atoms in total. The number of carbonyl (C=O) groups excluding carboxylic acids is 1. The average Bonchev–Trinajstić information content (AvgIpc) is 2.87. The molecule has 0 aliphatic carbocycles. The lowest BCUT2D eigenvalue weighted by molar-refractivity contribution is -0.114. The maximum Gasteiger partial charge on any atom is 0.261 e. The molecule has 0 aliphatic rings. The van der Waals surface area contributed by atoms with Crippen molar-refractivity contribution in [3.63, 3.8) is 0 Å². The van der Waals surface area contributed by atoms with Gasteiger partial charge in [-0.15, -0.1) is 0 Å². The van der Waals surface area contributed by atoms with Gasteiger partial charge in [0.05, 0.1) is 29.6 Å². The van der Waals surface area contributed by atoms with E-state index in [1.165, 1.54) is 37.4 Å². The smallest absolute Gasteiger partial charge is 0.261 e. The van der Waals surface area contributed by atoms with E-state index in [4.69, 9.17) is 4.74 Å². The second kappa shape index (κ2) is 10.5. The maximum absolute atomic E-state index is 13.0. The zero-order valence-corrected chi connectivity index (χ0v) is 21.7. The zero-order valence-electron chi connectivity index (χ0n) is 20.1. The van der Waals surface area contributed by atoms with Gasteiger partial charge in [-0.2, -0.15) is 0 Å². The Morgan fingerprint density at radius 3 is 2.19 bits per heavy atom. The van der Waals surface area contributed by atoms with Crippen LogP contribution in [-0.4, -0.2) is 42.7 Å². The standard InChI is InChI=1S/C26H25N3O6S2/c1-35-25-13-6-5-12-24(25)29(36(2,31)32)18-26(30)27-20-14-16-21(17-15-20)37(33,34)28-23-11-7-9-19-8-3-4-10-22(19)23/h3-17,28H,18H2,1-2H3,(H,27,30). The van der Waals surface area contributed by atoms with Gasteiger partial charge in [-0.3, -0.25) is 13.8 Å². The van der Waals surface area contributed by atoms with Crippen LogP contribution in [0.5, 0.6) is 5.75 Å². The second-order valence-electron chi connectivity index (χ2n) is 8.15. The first-order valence-corrected chi connectivity index (χ1v) is 14.4. The van der Waals surface area contributed by atoms with Gasteiger partial charge < -0.3 is 10.1 Å². The van der Waals surface area contributed by atoms with Crippen molar-refractivity contribution in [2.45, 2.75) is 4.90 Å². The van der Waals surface area contributed by atoms with Gasteiger partial charge in [0, 0.05) is 11.1 Å². The molecule has 0 atom stereocenters. The molecule has 0 aromatic heterocycles. The molecule has 2 N–H and O–H groups in total. The summed E-state index contributed by atoms with van der Waals surface area (Å²) in [5, 5.41) is 4.27. The van der Waals surface area contributed by atoms with Gasteiger partial charge in [-0.1, -0.05) is 48.5 Å². The van der Waals surface area contributed by atoms with Gasteiger partial charge in [-0.25, -0.2) is 16.8 Å². The fraction of sp³-hybridized carbons (Fsp3) is 0.115. The van der Waals surface area contributed by atoms with Crippen molar-refractivity contribution in [2.75, 3.05) is 34.3 Å². The third kappa shape index (κ3) is 6.01. The van der Waals surface area contributed by atoms with Crippen LogP contribution in [0.4, 0.5) is 17.1 Å². The predicted molar refractivity (Wildman–Crippen MR) is 145 cm³/mol. The van der Waals surface area contributed by atoms with Crippen LogP contribution in [0.15, 0.2) is 95.9 Å². The van der Waals surface area contributed by atoms with E-state index in [0.29, 0.717) is 17.1 Å². The van der Waals surface area contributed by atoms with Crippen molar-refractivity contribution in [1.82, 2.24) is 0 Å². The Labute approximate surface area is 215 Å². The summed E-state index contributed by atoms with van der Waals surface area (Å²) in [6.45, 7) is -0.498. The van der Waals surface area contributed by atoms with E-state index >= 15 is 0 Å². The van der Waals surface area contributed by atoms with Crippen molar-refractivity contribution in [1.29, 1.82) is 0 Å². The number of nitrogens with one attached hydrogen (secondary N) is 2. The Morgan fingerprint density at radius 1 is 0.838 bits per heavy atom. The van der Waals surface area contributed by atoms with Crippen LogP contribution >= 0.6 is 0 Å². The molecule has 1 amide bonds. The van der Waals surface area contributed by atoms with Crippen LogP contribution in [-0.2, 0) is 24.8 Å². The highest BCUT2D eigenvalue weighted by Gasteiger charge is 2.24. The SMILES string of the molecule is COc1ccccc1N(CC(=O)Nc1ccc(S(=O)(=O)Nc2cccc3ccccc23)cc1)S(C)(=O)=O. The summed E-state index contributed by atoms with van der Waals surface area (Å²) < 4.78 is 59.5. The van der Waals surface area contributed by atoms with Crippen molar-refractivity contribution >= 4 is 53.8 Å². The number of ether oxygens (including phenoxy) is 1. The summed E-state index contributed by atoms with van der Waals surface area (Å²) in [6, 6.07) is 24.8. The van der Waals surface area contributed by atoms with Crippen LogP contribution in [0.1, 0.15) is 0 Å². The number of benzene rings is 4. The molecule has 37 heavy (non-hydrogen) atoms. The zero-order chi connectivity index (χ0) is 26.6. The van der Waals surface area contributed by atoms with E-state index in [2.05, 4.69) is 10.0 Å². The number of methoxy groups -OCH3 is 1. The van der Waals surface area contributed by atoms with E-state index in [1.807, 2.05) is 30.3 Å². The highest BCUT2D eigenvalue weighted by molar-refractivity contribution is 7.92. The third-order valence-corrected chi connectivity index (χ3v) is 8.03. The molecule has 0 fully saturated rings. The van der Waals surface area contributed by atoms with Crippen molar-refractivity contribution in [3.05, 3.63) is 91.0 Å².